The first-order valence-electron chi connectivity index (χ1n) is 9.88. The van der Waals surface area contributed by atoms with Crippen LogP contribution < -0.4 is 5.56 Å². The molecule has 3 nitrogen and oxygen atoms in total. The number of allylic oxidation sites excluding steroid dienone is 1. The molecular formula is C25H17F3N2O. The Bertz CT molecular complexity index is 1370. The van der Waals surface area contributed by atoms with E-state index in [1.165, 1.54) is 6.07 Å². The van der Waals surface area contributed by atoms with Crippen molar-refractivity contribution >= 4 is 22.6 Å². The number of halogens is 3. The van der Waals surface area contributed by atoms with E-state index >= 15 is 0 Å². The summed E-state index contributed by atoms with van der Waals surface area (Å²) in [5, 5.41) is 0.199. The number of fused-ring (bicyclic) bond motifs is 2. The van der Waals surface area contributed by atoms with Gasteiger partial charge < -0.3 is 0 Å². The molecule has 0 spiro atoms. The topological polar surface area (TPSA) is 34.9 Å². The van der Waals surface area contributed by atoms with Crippen LogP contribution in [0.5, 0.6) is 0 Å². The Morgan fingerprint density at radius 2 is 1.61 bits per heavy atom. The first kappa shape index (κ1) is 19.3. The molecule has 0 aliphatic carbocycles. The van der Waals surface area contributed by atoms with Crippen molar-refractivity contribution < 1.29 is 13.2 Å². The van der Waals surface area contributed by atoms with Gasteiger partial charge in [-0.05, 0) is 53.0 Å². The highest BCUT2D eigenvalue weighted by Crippen LogP contribution is 2.32. The highest BCUT2D eigenvalue weighted by molar-refractivity contribution is 5.85. The van der Waals surface area contributed by atoms with E-state index in [4.69, 9.17) is 0 Å². The van der Waals surface area contributed by atoms with Gasteiger partial charge in [0.2, 0.25) is 0 Å². The van der Waals surface area contributed by atoms with E-state index in [2.05, 4.69) is 4.98 Å². The SMILES string of the molecule is O=c1c2ccc(C(F)(F)F)cc2nc2n1CC/C2=C\c1ccc(-c2ccccc2)cc1. The van der Waals surface area contributed by atoms with Crippen molar-refractivity contribution in [3.63, 3.8) is 0 Å². The molecule has 0 saturated carbocycles. The van der Waals surface area contributed by atoms with Crippen molar-refractivity contribution in [2.24, 2.45) is 0 Å². The van der Waals surface area contributed by atoms with Gasteiger partial charge in [0, 0.05) is 6.54 Å². The predicted octanol–water partition coefficient (Wildman–Crippen LogP) is 6.03. The summed E-state index contributed by atoms with van der Waals surface area (Å²) in [6.45, 7) is 0.464. The van der Waals surface area contributed by atoms with Gasteiger partial charge in [0.25, 0.3) is 5.56 Å². The quantitative estimate of drug-likeness (QED) is 0.399. The Hall–Kier alpha value is -3.67. The fraction of sp³-hybridized carbons (Fsp3) is 0.120. The zero-order chi connectivity index (χ0) is 21.6. The molecule has 0 saturated heterocycles. The van der Waals surface area contributed by atoms with Crippen molar-refractivity contribution in [2.75, 3.05) is 0 Å². The molecule has 1 aliphatic heterocycles. The van der Waals surface area contributed by atoms with Crippen molar-refractivity contribution in [2.45, 2.75) is 19.1 Å². The Balaban J connectivity index is 1.55. The molecule has 1 aliphatic rings. The summed E-state index contributed by atoms with van der Waals surface area (Å²) in [4.78, 5) is 17.2. The van der Waals surface area contributed by atoms with Gasteiger partial charge >= 0.3 is 6.18 Å². The third kappa shape index (κ3) is 3.54. The van der Waals surface area contributed by atoms with Crippen molar-refractivity contribution in [3.8, 4) is 11.1 Å². The molecule has 5 rings (SSSR count). The van der Waals surface area contributed by atoms with E-state index in [0.717, 1.165) is 34.4 Å². The summed E-state index contributed by atoms with van der Waals surface area (Å²) in [6.07, 6.45) is -1.94. The number of aromatic nitrogens is 2. The number of rotatable bonds is 2. The zero-order valence-corrected chi connectivity index (χ0v) is 16.4. The van der Waals surface area contributed by atoms with E-state index in [-0.39, 0.29) is 16.5 Å². The van der Waals surface area contributed by atoms with Crippen LogP contribution in [0.1, 0.15) is 23.4 Å². The molecule has 2 heterocycles. The second kappa shape index (κ2) is 7.23. The lowest BCUT2D eigenvalue weighted by Gasteiger charge is -2.09. The summed E-state index contributed by atoms with van der Waals surface area (Å²) in [6, 6.07) is 21.1. The third-order valence-corrected chi connectivity index (χ3v) is 5.53. The molecule has 0 fully saturated rings. The second-order valence-corrected chi connectivity index (χ2v) is 7.53. The van der Waals surface area contributed by atoms with E-state index in [1.807, 2.05) is 60.7 Å². The van der Waals surface area contributed by atoms with Crippen LogP contribution in [0.15, 0.2) is 77.6 Å². The highest BCUT2D eigenvalue weighted by Gasteiger charge is 2.31. The summed E-state index contributed by atoms with van der Waals surface area (Å²) in [5.41, 5.74) is 2.94. The maximum Gasteiger partial charge on any atom is 0.416 e. The van der Waals surface area contributed by atoms with Crippen LogP contribution in [0.4, 0.5) is 13.2 Å². The van der Waals surface area contributed by atoms with Gasteiger partial charge in [0.05, 0.1) is 16.5 Å². The molecule has 6 heteroatoms. The van der Waals surface area contributed by atoms with E-state index in [1.54, 1.807) is 4.57 Å². The molecular weight excluding hydrogens is 401 g/mol. The normalized spacial score (nSPS) is 14.9. The average Bonchev–Trinajstić information content (AvgIpc) is 3.17. The minimum absolute atomic E-state index is 0.0679. The van der Waals surface area contributed by atoms with Crippen molar-refractivity contribution in [3.05, 3.63) is 100 Å². The monoisotopic (exact) mass is 418 g/mol. The van der Waals surface area contributed by atoms with Gasteiger partial charge in [0.15, 0.2) is 0 Å². The molecule has 31 heavy (non-hydrogen) atoms. The Labute approximate surface area is 176 Å². The van der Waals surface area contributed by atoms with Crippen LogP contribution >= 0.6 is 0 Å². The fourth-order valence-electron chi connectivity index (χ4n) is 3.93. The van der Waals surface area contributed by atoms with Crippen LogP contribution in [-0.4, -0.2) is 9.55 Å². The summed E-state index contributed by atoms with van der Waals surface area (Å²) >= 11 is 0. The van der Waals surface area contributed by atoms with Crippen LogP contribution in [0.25, 0.3) is 33.7 Å². The minimum Gasteiger partial charge on any atom is -0.292 e. The summed E-state index contributed by atoms with van der Waals surface area (Å²) < 4.78 is 40.8. The van der Waals surface area contributed by atoms with Gasteiger partial charge in [-0.2, -0.15) is 13.2 Å². The summed E-state index contributed by atoms with van der Waals surface area (Å²) in [7, 11) is 0. The van der Waals surface area contributed by atoms with Crippen LogP contribution in [0, 0.1) is 0 Å². The van der Waals surface area contributed by atoms with E-state index < -0.39 is 11.7 Å². The first-order valence-corrected chi connectivity index (χ1v) is 9.88. The zero-order valence-electron chi connectivity index (χ0n) is 16.4. The van der Waals surface area contributed by atoms with Crippen molar-refractivity contribution in [1.82, 2.24) is 9.55 Å². The van der Waals surface area contributed by atoms with Gasteiger partial charge in [-0.25, -0.2) is 4.98 Å². The van der Waals surface area contributed by atoms with Crippen LogP contribution in [-0.2, 0) is 12.7 Å². The molecule has 0 amide bonds. The molecule has 0 radical (unpaired) electrons. The second-order valence-electron chi connectivity index (χ2n) is 7.53. The molecule has 1 aromatic heterocycles. The number of nitrogens with zero attached hydrogens (tertiary/aromatic N) is 2. The Morgan fingerprint density at radius 3 is 2.32 bits per heavy atom. The summed E-state index contributed by atoms with van der Waals surface area (Å²) in [5.74, 6) is 0.434. The van der Waals surface area contributed by atoms with E-state index in [9.17, 15) is 18.0 Å². The lowest BCUT2D eigenvalue weighted by atomic mass is 10.0. The van der Waals surface area contributed by atoms with Crippen molar-refractivity contribution in [1.29, 1.82) is 0 Å². The third-order valence-electron chi connectivity index (χ3n) is 5.53. The average molecular weight is 418 g/mol. The maximum atomic E-state index is 13.1. The number of alkyl halides is 3. The highest BCUT2D eigenvalue weighted by atomic mass is 19.4. The molecule has 0 atom stereocenters. The van der Waals surface area contributed by atoms with Crippen LogP contribution in [0.3, 0.4) is 0 Å². The number of benzene rings is 3. The molecule has 154 valence electrons. The Morgan fingerprint density at radius 1 is 0.903 bits per heavy atom. The standard InChI is InChI=1S/C25H17F3N2O/c26-25(27,28)20-10-11-21-22(15-20)29-23-19(12-13-30(23)24(21)31)14-16-6-8-18(9-7-16)17-4-2-1-3-5-17/h1-11,14-15H,12-13H2/b19-14+. The molecule has 4 aromatic rings. The lowest BCUT2D eigenvalue weighted by molar-refractivity contribution is -0.137. The maximum absolute atomic E-state index is 13.1. The predicted molar refractivity (Wildman–Crippen MR) is 115 cm³/mol. The Kier molecular flexibility index (Phi) is 4.50. The minimum atomic E-state index is -4.48. The lowest BCUT2D eigenvalue weighted by Crippen LogP contribution is -2.21. The number of hydrogen-bond donors (Lipinski definition) is 0. The first-order chi connectivity index (χ1) is 14.9. The fourth-order valence-corrected chi connectivity index (χ4v) is 3.93. The van der Waals surface area contributed by atoms with Gasteiger partial charge in [-0.15, -0.1) is 0 Å². The smallest absolute Gasteiger partial charge is 0.292 e. The molecule has 0 unspecified atom stereocenters. The van der Waals surface area contributed by atoms with Crippen LogP contribution in [0.2, 0.25) is 0 Å². The number of hydrogen-bond acceptors (Lipinski definition) is 2. The van der Waals surface area contributed by atoms with Gasteiger partial charge in [0.1, 0.15) is 5.82 Å². The van der Waals surface area contributed by atoms with E-state index in [0.29, 0.717) is 18.8 Å². The largest absolute Gasteiger partial charge is 0.416 e. The van der Waals surface area contributed by atoms with Gasteiger partial charge in [-0.3, -0.25) is 9.36 Å². The van der Waals surface area contributed by atoms with Gasteiger partial charge in [-0.1, -0.05) is 54.6 Å². The molecule has 3 aromatic carbocycles. The molecule has 0 bridgehead atoms. The molecule has 0 N–H and O–H groups in total.